The van der Waals surface area contributed by atoms with Crippen LogP contribution in [0.25, 0.3) is 11.2 Å². The lowest BCUT2D eigenvalue weighted by Crippen LogP contribution is -2.17. The standard InChI is InChI=1S/C16H14FN5O5P.H3N/c17-11-6-12(24-9-25-28(23)27-10-4-2-1-3-5-10)26-16(11)22-8-21-13-14(18)19-7-20-15(13)22;/h1-8,12,16H,9H2,(H2,18,19,20);1H3/q+1;/t12-,16+;/m0./s1. The van der Waals surface area contributed by atoms with Gasteiger partial charge in [-0.15, -0.1) is 0 Å². The van der Waals surface area contributed by atoms with Crippen LogP contribution in [0.4, 0.5) is 10.2 Å². The molecule has 3 atom stereocenters. The van der Waals surface area contributed by atoms with Crippen LogP contribution >= 0.6 is 8.25 Å². The van der Waals surface area contributed by atoms with E-state index in [-0.39, 0.29) is 12.0 Å². The molecule has 0 amide bonds. The van der Waals surface area contributed by atoms with E-state index in [0.717, 1.165) is 6.08 Å². The molecule has 0 saturated heterocycles. The zero-order valence-electron chi connectivity index (χ0n) is 14.9. The molecule has 0 spiro atoms. The van der Waals surface area contributed by atoms with Gasteiger partial charge in [0, 0.05) is 10.6 Å². The summed E-state index contributed by atoms with van der Waals surface area (Å²) in [7, 11) is -2.45. The number of hydrogen-bond acceptors (Lipinski definition) is 10. The van der Waals surface area contributed by atoms with Gasteiger partial charge in [0.25, 0.3) is 0 Å². The molecule has 1 unspecified atom stereocenters. The maximum atomic E-state index is 14.3. The van der Waals surface area contributed by atoms with Crippen LogP contribution in [0.1, 0.15) is 6.23 Å². The van der Waals surface area contributed by atoms with Crippen LogP contribution in [-0.2, 0) is 18.6 Å². The molecule has 1 aliphatic heterocycles. The lowest BCUT2D eigenvalue weighted by atomic mass is 10.3. The van der Waals surface area contributed by atoms with Crippen molar-refractivity contribution in [1.29, 1.82) is 0 Å². The molecular weight excluding hydrogens is 406 g/mol. The van der Waals surface area contributed by atoms with Gasteiger partial charge in [-0.25, -0.2) is 23.9 Å². The zero-order chi connectivity index (χ0) is 19.5. The fourth-order valence-electron chi connectivity index (χ4n) is 2.51. The maximum absolute atomic E-state index is 14.3. The normalized spacial score (nSPS) is 18.9. The summed E-state index contributed by atoms with van der Waals surface area (Å²) in [5, 5.41) is 0. The second kappa shape index (κ2) is 8.99. The van der Waals surface area contributed by atoms with Gasteiger partial charge in [-0.1, -0.05) is 22.7 Å². The van der Waals surface area contributed by atoms with Crippen molar-refractivity contribution in [2.45, 2.75) is 12.5 Å². The first-order chi connectivity index (χ1) is 13.6. The highest BCUT2D eigenvalue weighted by molar-refractivity contribution is 7.33. The van der Waals surface area contributed by atoms with E-state index in [9.17, 15) is 8.96 Å². The first-order valence-corrected chi connectivity index (χ1v) is 9.12. The van der Waals surface area contributed by atoms with Gasteiger partial charge >= 0.3 is 8.25 Å². The number of para-hydroxylation sites is 1. The molecule has 4 rings (SSSR count). The molecule has 0 saturated carbocycles. The summed E-state index contributed by atoms with van der Waals surface area (Å²) in [5.74, 6) is -0.0408. The molecule has 0 bridgehead atoms. The number of nitrogens with two attached hydrogens (primary N) is 1. The third-order valence-electron chi connectivity index (χ3n) is 3.75. The van der Waals surface area contributed by atoms with Gasteiger partial charge in [0.2, 0.25) is 6.79 Å². The molecule has 1 aliphatic rings. The van der Waals surface area contributed by atoms with Gasteiger partial charge < -0.3 is 21.4 Å². The second-order valence-electron chi connectivity index (χ2n) is 5.53. The summed E-state index contributed by atoms with van der Waals surface area (Å²) >= 11 is 0. The number of anilines is 1. The number of nitrogens with zero attached hydrogens (tertiary/aromatic N) is 4. The minimum Gasteiger partial charge on any atom is -0.382 e. The first kappa shape index (κ1) is 20.7. The van der Waals surface area contributed by atoms with Crippen LogP contribution in [0.2, 0.25) is 0 Å². The van der Waals surface area contributed by atoms with Gasteiger partial charge in [-0.2, -0.15) is 0 Å². The molecule has 5 N–H and O–H groups in total. The highest BCUT2D eigenvalue weighted by atomic mass is 31.1. The Labute approximate surface area is 164 Å². The molecule has 152 valence electrons. The summed E-state index contributed by atoms with van der Waals surface area (Å²) in [6.45, 7) is -0.428. The molecular formula is C16H17FN6O5P+. The summed E-state index contributed by atoms with van der Waals surface area (Å²) < 4.78 is 48.1. The Kier molecular flexibility index (Phi) is 6.42. The lowest BCUT2D eigenvalue weighted by molar-refractivity contribution is -0.167. The van der Waals surface area contributed by atoms with Crippen molar-refractivity contribution in [3.63, 3.8) is 0 Å². The quantitative estimate of drug-likeness (QED) is 0.427. The molecule has 3 aromatic rings. The number of hydrogen-bond donors (Lipinski definition) is 2. The smallest absolute Gasteiger partial charge is 0.382 e. The Hall–Kier alpha value is -3.02. The summed E-state index contributed by atoms with van der Waals surface area (Å²) in [6.07, 6.45) is 1.53. The number of nitrogen functional groups attached to an aromatic ring is 1. The molecule has 0 aliphatic carbocycles. The molecule has 11 nitrogen and oxygen atoms in total. The van der Waals surface area contributed by atoms with Gasteiger partial charge in [0.05, 0.1) is 6.33 Å². The molecule has 0 radical (unpaired) electrons. The van der Waals surface area contributed by atoms with Crippen LogP contribution in [0.15, 0.2) is 54.9 Å². The van der Waals surface area contributed by atoms with E-state index in [1.54, 1.807) is 30.3 Å². The van der Waals surface area contributed by atoms with Crippen molar-refractivity contribution in [2.24, 2.45) is 0 Å². The van der Waals surface area contributed by atoms with E-state index in [0.29, 0.717) is 16.9 Å². The number of halogens is 1. The van der Waals surface area contributed by atoms with Crippen LogP contribution in [0.3, 0.4) is 0 Å². The minimum atomic E-state index is -2.45. The van der Waals surface area contributed by atoms with Crippen molar-refractivity contribution < 1.29 is 27.5 Å². The molecule has 1 aromatic carbocycles. The number of rotatable bonds is 7. The van der Waals surface area contributed by atoms with Crippen LogP contribution in [0.5, 0.6) is 5.75 Å². The van der Waals surface area contributed by atoms with E-state index in [2.05, 4.69) is 15.0 Å². The van der Waals surface area contributed by atoms with Gasteiger partial charge in [0.1, 0.15) is 11.8 Å². The van der Waals surface area contributed by atoms with Crippen molar-refractivity contribution >= 4 is 25.2 Å². The third kappa shape index (κ3) is 4.53. The Morgan fingerprint density at radius 2 is 2.03 bits per heavy atom. The molecule has 13 heteroatoms. The van der Waals surface area contributed by atoms with E-state index in [4.69, 9.17) is 24.3 Å². The molecule has 0 fully saturated rings. The number of imidazole rings is 1. The Balaban J connectivity index is 0.00000240. The third-order valence-corrected chi connectivity index (χ3v) is 4.42. The number of aromatic nitrogens is 4. The lowest BCUT2D eigenvalue weighted by Gasteiger charge is -2.15. The van der Waals surface area contributed by atoms with E-state index < -0.39 is 33.4 Å². The SMILES string of the molecule is N.Nc1ncnc2c1ncn2[C@@H]1O[C@H](OCO[P+](=O)Oc2ccccc2)C=C1F. The van der Waals surface area contributed by atoms with Gasteiger partial charge in [-0.3, -0.25) is 4.57 Å². The summed E-state index contributed by atoms with van der Waals surface area (Å²) in [5.41, 5.74) is 6.37. The Morgan fingerprint density at radius 3 is 2.83 bits per heavy atom. The fraction of sp³-hybridized carbons (Fsp3) is 0.188. The first-order valence-electron chi connectivity index (χ1n) is 8.02. The van der Waals surface area contributed by atoms with Crippen molar-refractivity contribution in [1.82, 2.24) is 25.7 Å². The highest BCUT2D eigenvalue weighted by Crippen LogP contribution is 2.33. The molecule has 29 heavy (non-hydrogen) atoms. The second-order valence-corrected chi connectivity index (χ2v) is 6.42. The van der Waals surface area contributed by atoms with E-state index in [1.165, 1.54) is 17.2 Å². The monoisotopic (exact) mass is 423 g/mol. The number of fused-ring (bicyclic) bond motifs is 1. The van der Waals surface area contributed by atoms with Crippen LogP contribution in [-0.4, -0.2) is 32.6 Å². The van der Waals surface area contributed by atoms with Crippen molar-refractivity contribution in [2.75, 3.05) is 12.5 Å². The van der Waals surface area contributed by atoms with Crippen molar-refractivity contribution in [3.05, 3.63) is 54.9 Å². The van der Waals surface area contributed by atoms with Gasteiger partial charge in [-0.05, 0) is 12.1 Å². The van der Waals surface area contributed by atoms with Crippen LogP contribution in [0, 0.1) is 0 Å². The average molecular weight is 423 g/mol. The largest absolute Gasteiger partial charge is 0.752 e. The molecule has 3 heterocycles. The van der Waals surface area contributed by atoms with Crippen molar-refractivity contribution in [3.8, 4) is 5.75 Å². The number of ether oxygens (including phenoxy) is 2. The minimum absolute atomic E-state index is 0. The van der Waals surface area contributed by atoms with E-state index >= 15 is 0 Å². The molecule has 2 aromatic heterocycles. The Morgan fingerprint density at radius 1 is 1.24 bits per heavy atom. The summed E-state index contributed by atoms with van der Waals surface area (Å²) in [6, 6.07) is 8.52. The van der Waals surface area contributed by atoms with Crippen LogP contribution < -0.4 is 16.4 Å². The predicted octanol–water partition coefficient (Wildman–Crippen LogP) is 3.01. The number of benzene rings is 1. The zero-order valence-corrected chi connectivity index (χ0v) is 15.8. The maximum Gasteiger partial charge on any atom is 0.752 e. The average Bonchev–Trinajstić information content (AvgIpc) is 3.26. The Bertz CT molecular complexity index is 1030. The van der Waals surface area contributed by atoms with Gasteiger partial charge in [0.15, 0.2) is 35.6 Å². The topological polar surface area (TPSA) is 159 Å². The summed E-state index contributed by atoms with van der Waals surface area (Å²) in [4.78, 5) is 11.9. The van der Waals surface area contributed by atoms with E-state index in [1.807, 2.05) is 0 Å². The predicted molar refractivity (Wildman–Crippen MR) is 99.6 cm³/mol. The highest BCUT2D eigenvalue weighted by Gasteiger charge is 2.32. The fourth-order valence-corrected chi connectivity index (χ4v) is 3.00.